The van der Waals surface area contributed by atoms with Crippen molar-refractivity contribution in [2.75, 3.05) is 6.61 Å². The Kier molecular flexibility index (Phi) is 6.92. The number of hydrogen-bond acceptors (Lipinski definition) is 1. The second-order valence-electron chi connectivity index (χ2n) is 6.05. The molecule has 1 aliphatic carbocycles. The third-order valence-electron chi connectivity index (χ3n) is 4.43. The quantitative estimate of drug-likeness (QED) is 0.449. The predicted molar refractivity (Wildman–Crippen MR) is 89.6 cm³/mol. The smallest absolute Gasteiger partial charge is 0.119 e. The van der Waals surface area contributed by atoms with E-state index in [1.165, 1.54) is 44.9 Å². The van der Waals surface area contributed by atoms with Gasteiger partial charge in [0.15, 0.2) is 0 Å². The average molecular weight is 339 g/mol. The van der Waals surface area contributed by atoms with Crippen molar-refractivity contribution in [1.29, 1.82) is 0 Å². The Morgan fingerprint density at radius 1 is 1.15 bits per heavy atom. The number of ether oxygens (including phenoxy) is 1. The summed E-state index contributed by atoms with van der Waals surface area (Å²) in [4.78, 5) is 0.729. The van der Waals surface area contributed by atoms with Crippen molar-refractivity contribution in [3.63, 3.8) is 0 Å². The molecule has 0 heterocycles. The highest BCUT2D eigenvalue weighted by Crippen LogP contribution is 2.38. The molecule has 0 aliphatic heterocycles. The van der Waals surface area contributed by atoms with E-state index in [1.54, 1.807) is 0 Å². The molecule has 0 aromatic heterocycles. The number of para-hydroxylation sites is 1. The molecule has 1 aromatic rings. The molecule has 1 aromatic carbocycles. The van der Waals surface area contributed by atoms with Gasteiger partial charge in [0.25, 0.3) is 0 Å². The number of benzene rings is 1. The Hall–Kier alpha value is -0.500. The Morgan fingerprint density at radius 2 is 1.95 bits per heavy atom. The van der Waals surface area contributed by atoms with E-state index in [-0.39, 0.29) is 0 Å². The monoisotopic (exact) mass is 338 g/mol. The molecule has 0 amide bonds. The van der Waals surface area contributed by atoms with Gasteiger partial charge in [-0.2, -0.15) is 0 Å². The van der Waals surface area contributed by atoms with Crippen LogP contribution in [0.3, 0.4) is 0 Å². The van der Waals surface area contributed by atoms with Crippen LogP contribution in [-0.4, -0.2) is 11.4 Å². The maximum absolute atomic E-state index is 5.79. The number of rotatable bonds is 7. The largest absolute Gasteiger partial charge is 0.494 e. The van der Waals surface area contributed by atoms with Gasteiger partial charge in [0.1, 0.15) is 5.75 Å². The van der Waals surface area contributed by atoms with Gasteiger partial charge < -0.3 is 4.74 Å². The minimum absolute atomic E-state index is 0.729. The molecule has 0 radical (unpaired) electrons. The normalized spacial score (nSPS) is 26.4. The molecule has 0 bridgehead atoms. The van der Waals surface area contributed by atoms with E-state index in [2.05, 4.69) is 22.9 Å². The third kappa shape index (κ3) is 5.12. The lowest BCUT2D eigenvalue weighted by molar-refractivity contribution is 0.230. The zero-order valence-electron chi connectivity index (χ0n) is 12.6. The van der Waals surface area contributed by atoms with Crippen molar-refractivity contribution in [2.24, 2.45) is 11.8 Å². The van der Waals surface area contributed by atoms with Gasteiger partial charge in [-0.15, -0.1) is 0 Å². The second-order valence-corrected chi connectivity index (χ2v) is 7.22. The summed E-state index contributed by atoms with van der Waals surface area (Å²) < 4.78 is 5.79. The molecule has 112 valence electrons. The summed E-state index contributed by atoms with van der Waals surface area (Å²) >= 11 is 3.89. The van der Waals surface area contributed by atoms with Gasteiger partial charge in [0.05, 0.1) is 6.61 Å². The van der Waals surface area contributed by atoms with E-state index in [4.69, 9.17) is 4.74 Å². The topological polar surface area (TPSA) is 9.23 Å². The lowest BCUT2D eigenvalue weighted by Crippen LogP contribution is -2.25. The van der Waals surface area contributed by atoms with Crippen molar-refractivity contribution in [2.45, 2.75) is 56.7 Å². The summed E-state index contributed by atoms with van der Waals surface area (Å²) in [6, 6.07) is 10.1. The third-order valence-corrected chi connectivity index (χ3v) is 5.63. The molecule has 1 fully saturated rings. The number of alkyl halides is 1. The van der Waals surface area contributed by atoms with Crippen LogP contribution in [0.4, 0.5) is 0 Å². The van der Waals surface area contributed by atoms with Gasteiger partial charge in [0, 0.05) is 4.83 Å². The molecule has 0 spiro atoms. The van der Waals surface area contributed by atoms with Crippen LogP contribution in [0.15, 0.2) is 30.3 Å². The highest BCUT2D eigenvalue weighted by atomic mass is 79.9. The molecule has 0 saturated heterocycles. The molecule has 0 N–H and O–H groups in total. The highest BCUT2D eigenvalue weighted by molar-refractivity contribution is 9.09. The fraction of sp³-hybridized carbons (Fsp3) is 0.667. The second kappa shape index (κ2) is 8.71. The van der Waals surface area contributed by atoms with E-state index in [0.29, 0.717) is 0 Å². The molecule has 2 heteroatoms. The Labute approximate surface area is 132 Å². The minimum Gasteiger partial charge on any atom is -0.494 e. The summed E-state index contributed by atoms with van der Waals surface area (Å²) in [6.07, 6.45) is 9.40. The fourth-order valence-corrected chi connectivity index (χ4v) is 4.09. The maximum atomic E-state index is 5.79. The Bertz CT molecular complexity index is 365. The molecule has 3 unspecified atom stereocenters. The van der Waals surface area contributed by atoms with Crippen LogP contribution in [0.25, 0.3) is 0 Å². The van der Waals surface area contributed by atoms with Gasteiger partial charge in [-0.1, -0.05) is 53.9 Å². The van der Waals surface area contributed by atoms with E-state index >= 15 is 0 Å². The summed E-state index contributed by atoms with van der Waals surface area (Å²) in [6.45, 7) is 3.15. The van der Waals surface area contributed by atoms with Crippen LogP contribution in [0, 0.1) is 11.8 Å². The van der Waals surface area contributed by atoms with Gasteiger partial charge in [-0.25, -0.2) is 0 Å². The summed E-state index contributed by atoms with van der Waals surface area (Å²) in [5.41, 5.74) is 0. The minimum atomic E-state index is 0.729. The van der Waals surface area contributed by atoms with Gasteiger partial charge in [-0.05, 0) is 56.1 Å². The Balaban J connectivity index is 1.67. The first-order chi connectivity index (χ1) is 9.79. The first-order valence-electron chi connectivity index (χ1n) is 8.11. The van der Waals surface area contributed by atoms with Crippen molar-refractivity contribution < 1.29 is 4.74 Å². The highest BCUT2D eigenvalue weighted by Gasteiger charge is 2.27. The lowest BCUT2D eigenvalue weighted by atomic mass is 9.77. The molecular weight excluding hydrogens is 312 g/mol. The lowest BCUT2D eigenvalue weighted by Gasteiger charge is -2.33. The molecule has 20 heavy (non-hydrogen) atoms. The first kappa shape index (κ1) is 15.9. The molecular formula is C18H27BrO. The van der Waals surface area contributed by atoms with E-state index in [0.717, 1.165) is 29.0 Å². The Morgan fingerprint density at radius 3 is 2.70 bits per heavy atom. The van der Waals surface area contributed by atoms with Gasteiger partial charge in [0.2, 0.25) is 0 Å². The SMILES string of the molecule is CCCC1CCC(Br)C(CCCOc2ccccc2)C1. The van der Waals surface area contributed by atoms with Crippen LogP contribution >= 0.6 is 15.9 Å². The zero-order chi connectivity index (χ0) is 14.2. The fourth-order valence-electron chi connectivity index (χ4n) is 3.35. The first-order valence-corrected chi connectivity index (χ1v) is 9.03. The van der Waals surface area contributed by atoms with Crippen molar-refractivity contribution in [1.82, 2.24) is 0 Å². The maximum Gasteiger partial charge on any atom is 0.119 e. The van der Waals surface area contributed by atoms with Crippen LogP contribution in [0.2, 0.25) is 0 Å². The molecule has 1 saturated carbocycles. The molecule has 1 aliphatic rings. The summed E-state index contributed by atoms with van der Waals surface area (Å²) in [7, 11) is 0. The van der Waals surface area contributed by atoms with Crippen molar-refractivity contribution >= 4 is 15.9 Å². The van der Waals surface area contributed by atoms with Crippen LogP contribution in [0.1, 0.15) is 51.9 Å². The van der Waals surface area contributed by atoms with Crippen LogP contribution < -0.4 is 4.74 Å². The molecule has 3 atom stereocenters. The average Bonchev–Trinajstić information content (AvgIpc) is 2.48. The summed E-state index contributed by atoms with van der Waals surface area (Å²) in [5, 5.41) is 0. The van der Waals surface area contributed by atoms with Crippen LogP contribution in [-0.2, 0) is 0 Å². The number of hydrogen-bond donors (Lipinski definition) is 0. The van der Waals surface area contributed by atoms with E-state index in [1.807, 2.05) is 30.3 Å². The zero-order valence-corrected chi connectivity index (χ0v) is 14.1. The van der Waals surface area contributed by atoms with Crippen molar-refractivity contribution in [3.05, 3.63) is 30.3 Å². The molecule has 2 rings (SSSR count). The van der Waals surface area contributed by atoms with E-state index in [9.17, 15) is 0 Å². The van der Waals surface area contributed by atoms with Gasteiger partial charge in [-0.3, -0.25) is 0 Å². The van der Waals surface area contributed by atoms with Gasteiger partial charge >= 0.3 is 0 Å². The molecule has 1 nitrogen and oxygen atoms in total. The predicted octanol–water partition coefficient (Wildman–Crippen LogP) is 5.83. The standard InChI is InChI=1S/C18H27BrO/c1-2-7-15-11-12-18(19)16(14-15)8-6-13-20-17-9-4-3-5-10-17/h3-5,9-10,15-16,18H,2,6-8,11-14H2,1H3. The van der Waals surface area contributed by atoms with Crippen molar-refractivity contribution in [3.8, 4) is 5.75 Å². The van der Waals surface area contributed by atoms with Crippen LogP contribution in [0.5, 0.6) is 5.75 Å². The van der Waals surface area contributed by atoms with E-state index < -0.39 is 0 Å². The summed E-state index contributed by atoms with van der Waals surface area (Å²) in [5.74, 6) is 2.81. The number of halogens is 1.